The van der Waals surface area contributed by atoms with Crippen molar-refractivity contribution >= 4 is 43.5 Å². The van der Waals surface area contributed by atoms with E-state index < -0.39 is 21.6 Å². The number of nitrogens with zero attached hydrogens (tertiary/aromatic N) is 5. The van der Waals surface area contributed by atoms with Crippen LogP contribution in [0.2, 0.25) is 0 Å². The van der Waals surface area contributed by atoms with Crippen LogP contribution in [0.4, 0.5) is 4.39 Å². The topological polar surface area (TPSA) is 134 Å². The number of carbonyl (C=O) groups is 1. The minimum absolute atomic E-state index is 0.0582. The summed E-state index contributed by atoms with van der Waals surface area (Å²) in [6.45, 7) is 4.48. The van der Waals surface area contributed by atoms with E-state index in [4.69, 9.17) is 9.72 Å². The normalized spacial score (nSPS) is 18.5. The zero-order chi connectivity index (χ0) is 38.8. The molecular weight excluding hydrogens is 734 g/mol. The van der Waals surface area contributed by atoms with E-state index in [9.17, 15) is 27.5 Å². The Morgan fingerprint density at radius 2 is 1.64 bits per heavy atom. The smallest absolute Gasteiger partial charge is 0.343 e. The van der Waals surface area contributed by atoms with Gasteiger partial charge in [-0.05, 0) is 64.7 Å². The monoisotopic (exact) mass is 771 g/mol. The average molecular weight is 772 g/mol. The molecule has 2 aromatic heterocycles. The first-order valence-corrected chi connectivity index (χ1v) is 20.1. The Morgan fingerprint density at radius 1 is 0.911 bits per heavy atom. The van der Waals surface area contributed by atoms with E-state index in [1.807, 2.05) is 53.4 Å². The molecule has 3 aliphatic heterocycles. The number of halogens is 1. The van der Waals surface area contributed by atoms with Crippen LogP contribution in [-0.4, -0.2) is 70.9 Å². The number of fused-ring (bicyclic) bond motifs is 6. The van der Waals surface area contributed by atoms with E-state index in [2.05, 4.69) is 9.30 Å². The molecule has 0 spiro atoms. The van der Waals surface area contributed by atoms with Gasteiger partial charge in [-0.2, -0.15) is 8.42 Å². The van der Waals surface area contributed by atoms with Gasteiger partial charge in [0.05, 0.1) is 33.9 Å². The Balaban J connectivity index is 1.03. The standard InChI is InChI=1S/C43H38FN5O6S/c1-2-43(52)36-23-38-40-34(25-49(38)41(50)35(36)26-55-42(43)51)33(32-9-5-6-10-37(32)45-40)24-47-17-19-48(20-18-47)39(21-27-11-14-30(44)15-12-27)46-56(53,54)31-16-13-28-7-3-4-8-29(28)22-31/h3-16,22-23,52H,2,17-21,24-26H2,1H3/b46-39-/t43-/m0/s1. The number of pyridine rings is 2. The number of aromatic nitrogens is 2. The maximum atomic E-state index is 13.9. The number of benzene rings is 4. The number of hydrogen-bond acceptors (Lipinski definition) is 8. The molecule has 0 radical (unpaired) electrons. The molecule has 0 amide bonds. The van der Waals surface area contributed by atoms with Crippen molar-refractivity contribution in [1.82, 2.24) is 19.4 Å². The third-order valence-electron chi connectivity index (χ3n) is 11.4. The highest BCUT2D eigenvalue weighted by molar-refractivity contribution is 7.90. The lowest BCUT2D eigenvalue weighted by atomic mass is 9.86. The molecule has 13 heteroatoms. The first-order chi connectivity index (χ1) is 27.0. The van der Waals surface area contributed by atoms with Crippen LogP contribution in [0.5, 0.6) is 0 Å². The second-order valence-electron chi connectivity index (χ2n) is 14.6. The molecule has 1 saturated heterocycles. The van der Waals surface area contributed by atoms with Gasteiger partial charge in [0.1, 0.15) is 18.3 Å². The molecule has 0 aliphatic carbocycles. The minimum Gasteiger partial charge on any atom is -0.458 e. The highest BCUT2D eigenvalue weighted by Gasteiger charge is 2.45. The third-order valence-corrected chi connectivity index (χ3v) is 12.7. The number of sulfonamides is 1. The summed E-state index contributed by atoms with van der Waals surface area (Å²) < 4.78 is 52.8. The maximum Gasteiger partial charge on any atom is 0.343 e. The zero-order valence-corrected chi connectivity index (χ0v) is 31.4. The highest BCUT2D eigenvalue weighted by atomic mass is 32.2. The fourth-order valence-electron chi connectivity index (χ4n) is 8.19. The molecule has 0 bridgehead atoms. The molecular formula is C43H38FN5O6S. The number of ether oxygens (including phenoxy) is 1. The van der Waals surface area contributed by atoms with Gasteiger partial charge in [-0.1, -0.05) is 67.6 Å². The molecule has 1 N–H and O–H groups in total. The average Bonchev–Trinajstić information content (AvgIpc) is 3.58. The van der Waals surface area contributed by atoms with Crippen molar-refractivity contribution in [3.05, 3.63) is 141 Å². The van der Waals surface area contributed by atoms with Gasteiger partial charge in [-0.25, -0.2) is 14.2 Å². The Labute approximate surface area is 322 Å². The molecule has 11 nitrogen and oxygen atoms in total. The summed E-state index contributed by atoms with van der Waals surface area (Å²) in [5.41, 5.74) is 2.93. The number of piperazine rings is 1. The first-order valence-electron chi connectivity index (χ1n) is 18.6. The van der Waals surface area contributed by atoms with Crippen molar-refractivity contribution in [1.29, 1.82) is 0 Å². The summed E-state index contributed by atoms with van der Waals surface area (Å²) in [4.78, 5) is 36.0. The van der Waals surface area contributed by atoms with Gasteiger partial charge in [0.15, 0.2) is 5.60 Å². The molecule has 4 aromatic carbocycles. The summed E-state index contributed by atoms with van der Waals surface area (Å²) in [6.07, 6.45) is 0.263. The van der Waals surface area contributed by atoms with E-state index in [1.54, 1.807) is 47.9 Å². The molecule has 3 aliphatic rings. The Hall–Kier alpha value is -5.76. The molecule has 56 heavy (non-hydrogen) atoms. The SMILES string of the molecule is CC[C@@]1(O)C(=O)OCc2c1cc1n(c2=O)Cc2c-1nc1ccccc1c2CN1CCN(/C(Cc2ccc(F)cc2)=N\S(=O)(=O)c2ccc3ccccc3c2)CC1. The molecule has 0 saturated carbocycles. The lowest BCUT2D eigenvalue weighted by molar-refractivity contribution is -0.172. The second kappa shape index (κ2) is 13.8. The minimum atomic E-state index is -4.09. The predicted molar refractivity (Wildman–Crippen MR) is 210 cm³/mol. The molecule has 1 fully saturated rings. The molecule has 9 rings (SSSR count). The van der Waals surface area contributed by atoms with Gasteiger partial charge in [0, 0.05) is 55.7 Å². The van der Waals surface area contributed by atoms with E-state index in [-0.39, 0.29) is 53.4 Å². The van der Waals surface area contributed by atoms with Crippen LogP contribution in [0, 0.1) is 5.82 Å². The fourth-order valence-corrected chi connectivity index (χ4v) is 9.27. The van der Waals surface area contributed by atoms with Crippen molar-refractivity contribution in [3.63, 3.8) is 0 Å². The van der Waals surface area contributed by atoms with Crippen molar-refractivity contribution < 1.29 is 27.4 Å². The largest absolute Gasteiger partial charge is 0.458 e. The number of cyclic esters (lactones) is 1. The molecule has 6 aromatic rings. The molecule has 0 unspecified atom stereocenters. The first kappa shape index (κ1) is 35.9. The van der Waals surface area contributed by atoms with E-state index in [1.165, 1.54) is 12.1 Å². The van der Waals surface area contributed by atoms with E-state index >= 15 is 0 Å². The number of para-hydroxylation sites is 1. The van der Waals surface area contributed by atoms with Crippen LogP contribution < -0.4 is 5.56 Å². The lowest BCUT2D eigenvalue weighted by Crippen LogP contribution is -2.49. The van der Waals surface area contributed by atoms with E-state index in [0.29, 0.717) is 49.9 Å². The Morgan fingerprint density at radius 3 is 2.41 bits per heavy atom. The van der Waals surface area contributed by atoms with E-state index in [0.717, 1.165) is 38.4 Å². The fraction of sp³-hybridized carbons (Fsp3) is 0.256. The van der Waals surface area contributed by atoms with Crippen molar-refractivity contribution in [2.75, 3.05) is 26.2 Å². The molecule has 5 heterocycles. The summed E-state index contributed by atoms with van der Waals surface area (Å²) in [7, 11) is -4.09. The number of hydrogen-bond donors (Lipinski definition) is 1. The van der Waals surface area contributed by atoms with Crippen LogP contribution in [0.1, 0.15) is 41.2 Å². The molecule has 1 atom stereocenters. The maximum absolute atomic E-state index is 13.9. The van der Waals surface area contributed by atoms with Crippen LogP contribution >= 0.6 is 0 Å². The van der Waals surface area contributed by atoms with Crippen LogP contribution in [0.15, 0.2) is 111 Å². The van der Waals surface area contributed by atoms with Crippen molar-refractivity contribution in [2.45, 2.75) is 50.0 Å². The number of aliphatic hydroxyl groups is 1. The Bertz CT molecular complexity index is 2780. The Kier molecular flexibility index (Phi) is 8.83. The van der Waals surface area contributed by atoms with Gasteiger partial charge in [-0.3, -0.25) is 9.69 Å². The highest BCUT2D eigenvalue weighted by Crippen LogP contribution is 2.40. The van der Waals surface area contributed by atoms with Gasteiger partial charge < -0.3 is 19.3 Å². The number of rotatable bonds is 7. The molecule has 284 valence electrons. The van der Waals surface area contributed by atoms with Crippen LogP contribution in [0.25, 0.3) is 33.1 Å². The lowest BCUT2D eigenvalue weighted by Gasteiger charge is -2.37. The van der Waals surface area contributed by atoms with Crippen LogP contribution in [0.3, 0.4) is 0 Å². The number of amidine groups is 1. The quantitative estimate of drug-likeness (QED) is 0.126. The van der Waals surface area contributed by atoms with Crippen molar-refractivity contribution in [2.24, 2.45) is 4.40 Å². The van der Waals surface area contributed by atoms with Crippen molar-refractivity contribution in [3.8, 4) is 11.4 Å². The third kappa shape index (κ3) is 6.16. The summed E-state index contributed by atoms with van der Waals surface area (Å²) in [5.74, 6) is -0.759. The number of carbonyl (C=O) groups excluding carboxylic acids is 1. The summed E-state index contributed by atoms with van der Waals surface area (Å²) in [6, 6.07) is 28.1. The summed E-state index contributed by atoms with van der Waals surface area (Å²) >= 11 is 0. The predicted octanol–water partition coefficient (Wildman–Crippen LogP) is 5.52. The zero-order valence-electron chi connectivity index (χ0n) is 30.6. The van der Waals surface area contributed by atoms with Crippen LogP contribution in [-0.2, 0) is 51.3 Å². The van der Waals surface area contributed by atoms with Gasteiger partial charge in [0.2, 0.25) is 0 Å². The van der Waals surface area contributed by atoms with Gasteiger partial charge in [-0.15, -0.1) is 4.40 Å². The van der Waals surface area contributed by atoms with Gasteiger partial charge in [0.25, 0.3) is 15.6 Å². The van der Waals surface area contributed by atoms with Gasteiger partial charge >= 0.3 is 5.97 Å². The summed E-state index contributed by atoms with van der Waals surface area (Å²) in [5, 5.41) is 14.0. The number of esters is 1. The second-order valence-corrected chi connectivity index (χ2v) is 16.2.